The van der Waals surface area contributed by atoms with Gasteiger partial charge in [0.2, 0.25) is 0 Å². The number of halogens is 1. The summed E-state index contributed by atoms with van der Waals surface area (Å²) in [4.78, 5) is 7.63. The van der Waals surface area contributed by atoms with E-state index in [1.54, 1.807) is 0 Å². The van der Waals surface area contributed by atoms with Gasteiger partial charge in [-0.1, -0.05) is 28.1 Å². The second-order valence-corrected chi connectivity index (χ2v) is 4.68. The van der Waals surface area contributed by atoms with Crippen LogP contribution in [0.5, 0.6) is 0 Å². The topological polar surface area (TPSA) is 54.7 Å². The lowest BCUT2D eigenvalue weighted by Gasteiger charge is -1.99. The Hall–Kier alpha value is -1.13. The van der Waals surface area contributed by atoms with E-state index >= 15 is 0 Å². The normalized spacial score (nSPS) is 10.7. The summed E-state index contributed by atoms with van der Waals surface area (Å²) in [6, 6.07) is 8.28. The van der Waals surface area contributed by atoms with Crippen molar-refractivity contribution in [3.05, 3.63) is 51.5 Å². The standard InChI is InChI=1S/C12H14BrN3/c1-8-11(16-12(7-14)15-8)6-9-2-4-10(13)5-3-9/h2-5H,6-7,14H2,1H3,(H,15,16). The first-order valence-corrected chi connectivity index (χ1v) is 5.97. The molecule has 84 valence electrons. The second-order valence-electron chi connectivity index (χ2n) is 3.76. The van der Waals surface area contributed by atoms with E-state index in [0.717, 1.165) is 28.1 Å². The van der Waals surface area contributed by atoms with Gasteiger partial charge in [-0.25, -0.2) is 4.98 Å². The van der Waals surface area contributed by atoms with Crippen molar-refractivity contribution in [3.63, 3.8) is 0 Å². The molecule has 2 aromatic rings. The number of nitrogens with two attached hydrogens (primary N) is 1. The van der Waals surface area contributed by atoms with E-state index in [4.69, 9.17) is 5.73 Å². The van der Waals surface area contributed by atoms with Crippen LogP contribution in [0.4, 0.5) is 0 Å². The van der Waals surface area contributed by atoms with Gasteiger partial charge in [0.1, 0.15) is 5.82 Å². The van der Waals surface area contributed by atoms with E-state index in [9.17, 15) is 0 Å². The van der Waals surface area contributed by atoms with Gasteiger partial charge in [0.05, 0.1) is 12.2 Å². The van der Waals surface area contributed by atoms with Crippen LogP contribution in [0.1, 0.15) is 22.8 Å². The fourth-order valence-electron chi connectivity index (χ4n) is 1.63. The van der Waals surface area contributed by atoms with Gasteiger partial charge in [0, 0.05) is 16.6 Å². The van der Waals surface area contributed by atoms with Crippen LogP contribution < -0.4 is 5.73 Å². The summed E-state index contributed by atoms with van der Waals surface area (Å²) in [5.41, 5.74) is 8.97. The summed E-state index contributed by atoms with van der Waals surface area (Å²) >= 11 is 3.42. The highest BCUT2D eigenvalue weighted by Gasteiger charge is 2.06. The van der Waals surface area contributed by atoms with Crippen molar-refractivity contribution < 1.29 is 0 Å². The molecule has 0 aliphatic carbocycles. The first-order chi connectivity index (χ1) is 7.69. The molecule has 0 aliphatic rings. The summed E-state index contributed by atoms with van der Waals surface area (Å²) < 4.78 is 1.10. The molecule has 0 amide bonds. The van der Waals surface area contributed by atoms with Gasteiger partial charge in [-0.05, 0) is 24.6 Å². The number of H-pyrrole nitrogens is 1. The summed E-state index contributed by atoms with van der Waals surface area (Å²) in [5, 5.41) is 0. The molecular weight excluding hydrogens is 266 g/mol. The van der Waals surface area contributed by atoms with Gasteiger partial charge >= 0.3 is 0 Å². The third-order valence-electron chi connectivity index (χ3n) is 2.51. The van der Waals surface area contributed by atoms with Gasteiger partial charge in [0.15, 0.2) is 0 Å². The number of aryl methyl sites for hydroxylation is 1. The molecule has 1 aromatic heterocycles. The van der Waals surface area contributed by atoms with Crippen LogP contribution in [0.3, 0.4) is 0 Å². The molecule has 0 saturated heterocycles. The number of nitrogens with one attached hydrogen (secondary N) is 1. The molecule has 1 aromatic carbocycles. The SMILES string of the molecule is Cc1[nH]c(CN)nc1Cc1ccc(Br)cc1. The summed E-state index contributed by atoms with van der Waals surface area (Å²) in [6.07, 6.45) is 0.843. The molecule has 2 rings (SSSR count). The maximum absolute atomic E-state index is 5.55. The Labute approximate surface area is 103 Å². The Morgan fingerprint density at radius 1 is 1.31 bits per heavy atom. The van der Waals surface area contributed by atoms with Crippen molar-refractivity contribution in [2.75, 3.05) is 0 Å². The number of rotatable bonds is 3. The van der Waals surface area contributed by atoms with Crippen LogP contribution >= 0.6 is 15.9 Å². The lowest BCUT2D eigenvalue weighted by Crippen LogP contribution is -1.98. The zero-order chi connectivity index (χ0) is 11.5. The van der Waals surface area contributed by atoms with Crippen molar-refractivity contribution in [1.29, 1.82) is 0 Å². The van der Waals surface area contributed by atoms with Crippen LogP contribution in [0.15, 0.2) is 28.7 Å². The van der Waals surface area contributed by atoms with Crippen LogP contribution in [-0.2, 0) is 13.0 Å². The monoisotopic (exact) mass is 279 g/mol. The number of aromatic nitrogens is 2. The number of aromatic amines is 1. The Bertz CT molecular complexity index is 474. The summed E-state index contributed by atoms with van der Waals surface area (Å²) in [7, 11) is 0. The molecule has 0 aliphatic heterocycles. The highest BCUT2D eigenvalue weighted by molar-refractivity contribution is 9.10. The highest BCUT2D eigenvalue weighted by Crippen LogP contribution is 2.15. The average molecular weight is 280 g/mol. The van der Waals surface area contributed by atoms with Crippen molar-refractivity contribution in [1.82, 2.24) is 9.97 Å². The van der Waals surface area contributed by atoms with Gasteiger partial charge in [-0.2, -0.15) is 0 Å². The molecule has 0 unspecified atom stereocenters. The number of hydrogen-bond acceptors (Lipinski definition) is 2. The molecule has 3 N–H and O–H groups in total. The Kier molecular flexibility index (Phi) is 3.41. The van der Waals surface area contributed by atoms with Crippen molar-refractivity contribution in [2.45, 2.75) is 19.9 Å². The summed E-state index contributed by atoms with van der Waals surface area (Å²) in [5.74, 6) is 0.851. The second kappa shape index (κ2) is 4.80. The van der Waals surface area contributed by atoms with Gasteiger partial charge in [-0.3, -0.25) is 0 Å². The van der Waals surface area contributed by atoms with Gasteiger partial charge < -0.3 is 10.7 Å². The molecule has 0 saturated carbocycles. The number of nitrogens with zero attached hydrogens (tertiary/aromatic N) is 1. The molecular formula is C12H14BrN3. The number of hydrogen-bond donors (Lipinski definition) is 2. The molecule has 1 heterocycles. The molecule has 0 radical (unpaired) electrons. The highest BCUT2D eigenvalue weighted by atomic mass is 79.9. The lowest BCUT2D eigenvalue weighted by molar-refractivity contribution is 0.935. The molecule has 0 bridgehead atoms. The van der Waals surface area contributed by atoms with Crippen molar-refractivity contribution >= 4 is 15.9 Å². The molecule has 3 nitrogen and oxygen atoms in total. The fourth-order valence-corrected chi connectivity index (χ4v) is 1.89. The molecule has 4 heteroatoms. The smallest absolute Gasteiger partial charge is 0.120 e. The minimum Gasteiger partial charge on any atom is -0.345 e. The van der Waals surface area contributed by atoms with Crippen LogP contribution in [0.2, 0.25) is 0 Å². The fraction of sp³-hybridized carbons (Fsp3) is 0.250. The van der Waals surface area contributed by atoms with Crippen molar-refractivity contribution in [2.24, 2.45) is 5.73 Å². The van der Waals surface area contributed by atoms with Crippen LogP contribution in [-0.4, -0.2) is 9.97 Å². The van der Waals surface area contributed by atoms with Gasteiger partial charge in [0.25, 0.3) is 0 Å². The predicted octanol–water partition coefficient (Wildman–Crippen LogP) is 2.53. The van der Waals surface area contributed by atoms with Crippen LogP contribution in [0, 0.1) is 6.92 Å². The van der Waals surface area contributed by atoms with Crippen LogP contribution in [0.25, 0.3) is 0 Å². The minimum atomic E-state index is 0.460. The predicted molar refractivity (Wildman–Crippen MR) is 68.2 cm³/mol. The lowest BCUT2D eigenvalue weighted by atomic mass is 10.1. The quantitative estimate of drug-likeness (QED) is 0.907. The third kappa shape index (κ3) is 2.51. The van der Waals surface area contributed by atoms with E-state index in [1.165, 1.54) is 5.56 Å². The number of benzene rings is 1. The Morgan fingerprint density at radius 2 is 2.00 bits per heavy atom. The maximum atomic E-state index is 5.55. The Morgan fingerprint density at radius 3 is 2.56 bits per heavy atom. The minimum absolute atomic E-state index is 0.460. The summed E-state index contributed by atoms with van der Waals surface area (Å²) in [6.45, 7) is 2.49. The van der Waals surface area contributed by atoms with Gasteiger partial charge in [-0.15, -0.1) is 0 Å². The Balaban J connectivity index is 2.19. The zero-order valence-corrected chi connectivity index (χ0v) is 10.7. The van der Waals surface area contributed by atoms with E-state index in [-0.39, 0.29) is 0 Å². The maximum Gasteiger partial charge on any atom is 0.120 e. The van der Waals surface area contributed by atoms with E-state index < -0.39 is 0 Å². The molecule has 0 atom stereocenters. The molecule has 16 heavy (non-hydrogen) atoms. The first kappa shape index (κ1) is 11.4. The molecule has 0 spiro atoms. The third-order valence-corrected chi connectivity index (χ3v) is 3.04. The molecule has 0 fully saturated rings. The van der Waals surface area contributed by atoms with Crippen molar-refractivity contribution in [3.8, 4) is 0 Å². The first-order valence-electron chi connectivity index (χ1n) is 5.18. The van der Waals surface area contributed by atoms with E-state index in [1.807, 2.05) is 19.1 Å². The zero-order valence-electron chi connectivity index (χ0n) is 9.13. The largest absolute Gasteiger partial charge is 0.345 e. The average Bonchev–Trinajstić information content (AvgIpc) is 2.63. The number of imidazole rings is 1. The van der Waals surface area contributed by atoms with E-state index in [2.05, 4.69) is 38.0 Å². The van der Waals surface area contributed by atoms with E-state index in [0.29, 0.717) is 6.54 Å².